The van der Waals surface area contributed by atoms with Crippen LogP contribution in [-0.2, 0) is 0 Å². The van der Waals surface area contributed by atoms with Crippen molar-refractivity contribution in [2.45, 2.75) is 13.0 Å². The van der Waals surface area contributed by atoms with Gasteiger partial charge in [-0.1, -0.05) is 41.7 Å². The maximum Gasteiger partial charge on any atom is 0.129 e. The van der Waals surface area contributed by atoms with Gasteiger partial charge in [-0.15, -0.1) is 0 Å². The molecule has 0 radical (unpaired) electrons. The van der Waals surface area contributed by atoms with Crippen molar-refractivity contribution in [1.29, 1.82) is 0 Å². The molecule has 2 aromatic rings. The lowest BCUT2D eigenvalue weighted by molar-refractivity contribution is 0.558. The van der Waals surface area contributed by atoms with Crippen molar-refractivity contribution in [3.63, 3.8) is 0 Å². The van der Waals surface area contributed by atoms with Gasteiger partial charge < -0.3 is 5.32 Å². The minimum absolute atomic E-state index is 0.367. The number of nitrogens with one attached hydrogen (secondary N) is 1. The zero-order valence-electron chi connectivity index (χ0n) is 11.1. The van der Waals surface area contributed by atoms with Crippen LogP contribution < -0.4 is 5.32 Å². The molecular weight excluding hydrogens is 399 g/mol. The smallest absolute Gasteiger partial charge is 0.129 e. The molecule has 0 aromatic heterocycles. The van der Waals surface area contributed by atoms with Crippen molar-refractivity contribution in [2.24, 2.45) is 0 Å². The second kappa shape index (κ2) is 7.30. The monoisotopic (exact) mass is 409 g/mol. The zero-order chi connectivity index (χ0) is 15.6. The Morgan fingerprint density at radius 1 is 1.10 bits per heavy atom. The molecule has 1 atom stereocenters. The zero-order valence-corrected chi connectivity index (χ0v) is 14.9. The molecule has 1 N–H and O–H groups in total. The van der Waals surface area contributed by atoms with Gasteiger partial charge in [0.1, 0.15) is 5.82 Å². The first-order chi connectivity index (χ1) is 9.93. The molecule has 0 fully saturated rings. The van der Waals surface area contributed by atoms with Crippen LogP contribution in [0.5, 0.6) is 0 Å². The van der Waals surface area contributed by atoms with E-state index in [1.54, 1.807) is 24.3 Å². The predicted molar refractivity (Wildman–Crippen MR) is 91.1 cm³/mol. The maximum atomic E-state index is 14.3. The van der Waals surface area contributed by atoms with Crippen LogP contribution in [0.1, 0.15) is 24.1 Å². The summed E-state index contributed by atoms with van der Waals surface area (Å²) >= 11 is 21.6. The van der Waals surface area contributed by atoms with E-state index in [0.717, 1.165) is 0 Å². The van der Waals surface area contributed by atoms with E-state index in [2.05, 4.69) is 21.2 Å². The van der Waals surface area contributed by atoms with E-state index in [1.807, 2.05) is 6.92 Å². The number of hydrogen-bond acceptors (Lipinski definition) is 1. The minimum Gasteiger partial charge on any atom is -0.306 e. The van der Waals surface area contributed by atoms with Crippen LogP contribution in [0.4, 0.5) is 4.39 Å². The molecule has 0 aliphatic rings. The first-order valence-electron chi connectivity index (χ1n) is 6.26. The molecule has 0 aliphatic carbocycles. The minimum atomic E-state index is -0.424. The number of rotatable bonds is 4. The summed E-state index contributed by atoms with van der Waals surface area (Å²) in [5, 5.41) is 4.71. The van der Waals surface area contributed by atoms with E-state index in [4.69, 9.17) is 34.8 Å². The van der Waals surface area contributed by atoms with Crippen LogP contribution in [0.15, 0.2) is 34.8 Å². The van der Waals surface area contributed by atoms with Crippen molar-refractivity contribution in [2.75, 3.05) is 6.54 Å². The molecule has 2 aromatic carbocycles. The summed E-state index contributed by atoms with van der Waals surface area (Å²) in [6.07, 6.45) is 0. The van der Waals surface area contributed by atoms with Gasteiger partial charge in [0.15, 0.2) is 0 Å². The van der Waals surface area contributed by atoms with Crippen LogP contribution in [-0.4, -0.2) is 6.54 Å². The Labute approximate surface area is 146 Å². The van der Waals surface area contributed by atoms with E-state index in [9.17, 15) is 4.39 Å². The molecule has 1 unspecified atom stereocenters. The summed E-state index contributed by atoms with van der Waals surface area (Å²) in [5.41, 5.74) is 1.14. The fraction of sp³-hybridized carbons (Fsp3) is 0.200. The molecule has 1 nitrogen and oxygen atoms in total. The lowest BCUT2D eigenvalue weighted by Gasteiger charge is -2.21. The first kappa shape index (κ1) is 17.0. The van der Waals surface area contributed by atoms with Crippen LogP contribution in [0.3, 0.4) is 0 Å². The van der Waals surface area contributed by atoms with Crippen molar-refractivity contribution in [3.8, 4) is 0 Å². The average molecular weight is 412 g/mol. The third kappa shape index (κ3) is 3.91. The molecule has 0 bridgehead atoms. The second-order valence-corrected chi connectivity index (χ2v) is 6.55. The van der Waals surface area contributed by atoms with Crippen molar-refractivity contribution >= 4 is 50.7 Å². The molecule has 0 amide bonds. The predicted octanol–water partition coefficient (Wildman–Crippen LogP) is 6.25. The summed E-state index contributed by atoms with van der Waals surface area (Å²) in [7, 11) is 0. The third-order valence-corrected chi connectivity index (χ3v) is 4.80. The van der Waals surface area contributed by atoms with E-state index < -0.39 is 6.04 Å². The molecule has 0 saturated heterocycles. The Hall–Kier alpha value is -0.320. The summed E-state index contributed by atoms with van der Waals surface area (Å²) in [4.78, 5) is 0. The number of halogens is 5. The molecule has 0 heterocycles. The van der Waals surface area contributed by atoms with Gasteiger partial charge >= 0.3 is 0 Å². The Kier molecular flexibility index (Phi) is 5.92. The summed E-state index contributed by atoms with van der Waals surface area (Å²) in [6.45, 7) is 2.57. The van der Waals surface area contributed by atoms with Crippen LogP contribution in [0.25, 0.3) is 0 Å². The highest BCUT2D eigenvalue weighted by molar-refractivity contribution is 9.10. The Balaban J connectivity index is 2.58. The topological polar surface area (TPSA) is 12.0 Å². The fourth-order valence-corrected chi connectivity index (χ4v) is 2.98. The van der Waals surface area contributed by atoms with Crippen molar-refractivity contribution < 1.29 is 4.39 Å². The Morgan fingerprint density at radius 3 is 2.48 bits per heavy atom. The second-order valence-electron chi connectivity index (χ2n) is 4.44. The van der Waals surface area contributed by atoms with E-state index in [0.29, 0.717) is 37.2 Å². The highest BCUT2D eigenvalue weighted by atomic mass is 79.9. The van der Waals surface area contributed by atoms with Crippen molar-refractivity contribution in [3.05, 3.63) is 66.8 Å². The summed E-state index contributed by atoms with van der Waals surface area (Å²) in [6, 6.07) is 7.63. The first-order valence-corrected chi connectivity index (χ1v) is 8.19. The molecule has 21 heavy (non-hydrogen) atoms. The van der Waals surface area contributed by atoms with Gasteiger partial charge in [0.05, 0.1) is 11.1 Å². The van der Waals surface area contributed by atoms with E-state index in [-0.39, 0.29) is 5.82 Å². The van der Waals surface area contributed by atoms with Gasteiger partial charge in [-0.05, 0) is 58.4 Å². The highest BCUT2D eigenvalue weighted by Crippen LogP contribution is 2.35. The van der Waals surface area contributed by atoms with Gasteiger partial charge in [-0.3, -0.25) is 0 Å². The third-order valence-electron chi connectivity index (χ3n) is 3.03. The molecule has 112 valence electrons. The van der Waals surface area contributed by atoms with E-state index in [1.165, 1.54) is 6.07 Å². The van der Waals surface area contributed by atoms with E-state index >= 15 is 0 Å². The SMILES string of the molecule is CCNC(c1cc(Cl)c(Br)cc1F)c1cc(Cl)ccc1Cl. The van der Waals surface area contributed by atoms with Gasteiger partial charge in [-0.2, -0.15) is 0 Å². The number of benzene rings is 2. The summed E-state index contributed by atoms with van der Waals surface area (Å²) in [5.74, 6) is -0.367. The molecule has 2 rings (SSSR count). The number of hydrogen-bond donors (Lipinski definition) is 1. The highest BCUT2D eigenvalue weighted by Gasteiger charge is 2.21. The summed E-state index contributed by atoms with van der Waals surface area (Å²) < 4.78 is 14.8. The van der Waals surface area contributed by atoms with Crippen LogP contribution in [0, 0.1) is 5.82 Å². The molecule has 0 saturated carbocycles. The fourth-order valence-electron chi connectivity index (χ4n) is 2.09. The normalized spacial score (nSPS) is 12.5. The molecule has 6 heteroatoms. The molecular formula is C15H12BrCl3FN. The van der Waals surface area contributed by atoms with Crippen LogP contribution >= 0.6 is 50.7 Å². The molecule has 0 aliphatic heterocycles. The lowest BCUT2D eigenvalue weighted by Crippen LogP contribution is -2.23. The largest absolute Gasteiger partial charge is 0.306 e. The average Bonchev–Trinajstić information content (AvgIpc) is 2.43. The standard InChI is InChI=1S/C15H12BrCl3FN/c1-2-21-15(9-5-8(17)3-4-12(9)18)10-6-13(19)11(16)7-14(10)20/h3-7,15,21H,2H2,1H3. The Bertz CT molecular complexity index is 664. The lowest BCUT2D eigenvalue weighted by atomic mass is 9.98. The van der Waals surface area contributed by atoms with Gasteiger partial charge in [0.2, 0.25) is 0 Å². The molecule has 0 spiro atoms. The van der Waals surface area contributed by atoms with Gasteiger partial charge in [0.25, 0.3) is 0 Å². The van der Waals surface area contributed by atoms with Crippen molar-refractivity contribution in [1.82, 2.24) is 5.32 Å². The maximum absolute atomic E-state index is 14.3. The van der Waals surface area contributed by atoms with Crippen LogP contribution in [0.2, 0.25) is 15.1 Å². The van der Waals surface area contributed by atoms with Gasteiger partial charge in [-0.25, -0.2) is 4.39 Å². The Morgan fingerprint density at radius 2 is 1.81 bits per heavy atom. The quantitative estimate of drug-likeness (QED) is 0.587. The van der Waals surface area contributed by atoms with Gasteiger partial charge in [0, 0.05) is 20.1 Å².